The van der Waals surface area contributed by atoms with Crippen LogP contribution in [-0.2, 0) is 4.79 Å². The first kappa shape index (κ1) is 19.8. The quantitative estimate of drug-likeness (QED) is 0.496. The van der Waals surface area contributed by atoms with E-state index in [2.05, 4.69) is 13.8 Å². The molecule has 4 nitrogen and oxygen atoms in total. The molecule has 1 amide bonds. The summed E-state index contributed by atoms with van der Waals surface area (Å²) in [5.41, 5.74) is 2.80. The highest BCUT2D eigenvalue weighted by Crippen LogP contribution is 2.35. The van der Waals surface area contributed by atoms with Crippen molar-refractivity contribution >= 4 is 17.7 Å². The highest BCUT2D eigenvalue weighted by atomic mass is 32.2. The van der Waals surface area contributed by atoms with Crippen molar-refractivity contribution in [1.29, 1.82) is 0 Å². The van der Waals surface area contributed by atoms with E-state index in [-0.39, 0.29) is 5.91 Å². The zero-order valence-corrected chi connectivity index (χ0v) is 17.7. The van der Waals surface area contributed by atoms with Crippen LogP contribution in [0.1, 0.15) is 33.1 Å². The fourth-order valence-electron chi connectivity index (χ4n) is 4.05. The lowest BCUT2D eigenvalue weighted by atomic mass is 9.98. The average Bonchev–Trinajstić information content (AvgIpc) is 3.18. The van der Waals surface area contributed by atoms with E-state index in [1.165, 1.54) is 18.2 Å². The number of oxazole rings is 1. The number of thioether (sulfide) groups is 1. The third-order valence-corrected chi connectivity index (χ3v) is 6.30. The van der Waals surface area contributed by atoms with Gasteiger partial charge in [-0.2, -0.15) is 0 Å². The number of hydrogen-bond donors (Lipinski definition) is 0. The van der Waals surface area contributed by atoms with Gasteiger partial charge in [-0.25, -0.2) is 4.98 Å². The molecule has 0 saturated carbocycles. The van der Waals surface area contributed by atoms with Crippen molar-refractivity contribution in [2.45, 2.75) is 50.4 Å². The number of nitrogens with zero attached hydrogens (tertiary/aromatic N) is 2. The summed E-state index contributed by atoms with van der Waals surface area (Å²) < 4.78 is 6.13. The lowest BCUT2D eigenvalue weighted by Crippen LogP contribution is -2.48. The van der Waals surface area contributed by atoms with E-state index in [1.807, 2.05) is 65.6 Å². The van der Waals surface area contributed by atoms with Crippen LogP contribution in [0.15, 0.2) is 70.3 Å². The Labute approximate surface area is 176 Å². The van der Waals surface area contributed by atoms with Gasteiger partial charge in [0.15, 0.2) is 5.76 Å². The standard InChI is InChI=1S/C24H26N2O2S/c1-17-10-9-11-18(2)26(17)21(27)16-29-24-25-22(19-12-5-3-6-13-19)23(28-24)20-14-7-4-8-15-20/h3-8,12-15,17-18H,9-11,16H2,1-2H3. The molecule has 0 N–H and O–H groups in total. The smallest absolute Gasteiger partial charge is 0.257 e. The summed E-state index contributed by atoms with van der Waals surface area (Å²) in [6.07, 6.45) is 3.35. The molecule has 1 saturated heterocycles. The second-order valence-electron chi connectivity index (χ2n) is 7.61. The molecule has 0 spiro atoms. The van der Waals surface area contributed by atoms with Gasteiger partial charge in [0.1, 0.15) is 5.69 Å². The van der Waals surface area contributed by atoms with Gasteiger partial charge in [-0.15, -0.1) is 0 Å². The number of amides is 1. The van der Waals surface area contributed by atoms with Gasteiger partial charge in [0.2, 0.25) is 5.91 Å². The Bertz CT molecular complexity index is 889. The molecule has 2 heterocycles. The first-order valence-electron chi connectivity index (χ1n) is 10.2. The van der Waals surface area contributed by atoms with Gasteiger partial charge in [0, 0.05) is 23.2 Å². The van der Waals surface area contributed by atoms with Gasteiger partial charge in [0.05, 0.1) is 5.75 Å². The topological polar surface area (TPSA) is 46.3 Å². The molecule has 3 aromatic rings. The Balaban J connectivity index is 1.57. The predicted molar refractivity (Wildman–Crippen MR) is 118 cm³/mol. The van der Waals surface area contributed by atoms with Gasteiger partial charge in [0.25, 0.3) is 5.22 Å². The zero-order chi connectivity index (χ0) is 20.2. The lowest BCUT2D eigenvalue weighted by Gasteiger charge is -2.39. The summed E-state index contributed by atoms with van der Waals surface area (Å²) in [5.74, 6) is 1.25. The molecule has 1 fully saturated rings. The number of rotatable bonds is 5. The highest BCUT2D eigenvalue weighted by Gasteiger charge is 2.29. The number of benzene rings is 2. The molecule has 2 unspecified atom stereocenters. The van der Waals surface area contributed by atoms with Crippen LogP contribution in [-0.4, -0.2) is 33.6 Å². The SMILES string of the molecule is CC1CCCC(C)N1C(=O)CSc1nc(-c2ccccc2)c(-c2ccccc2)o1. The normalized spacial score (nSPS) is 19.3. The Kier molecular flexibility index (Phi) is 6.05. The molecule has 29 heavy (non-hydrogen) atoms. The lowest BCUT2D eigenvalue weighted by molar-refractivity contribution is -0.134. The van der Waals surface area contributed by atoms with Crippen LogP contribution in [0.3, 0.4) is 0 Å². The maximum Gasteiger partial charge on any atom is 0.257 e. The monoisotopic (exact) mass is 406 g/mol. The number of carbonyl (C=O) groups is 1. The minimum Gasteiger partial charge on any atom is -0.431 e. The molecule has 1 aliphatic heterocycles. The van der Waals surface area contributed by atoms with Crippen LogP contribution in [0.5, 0.6) is 0 Å². The Hall–Kier alpha value is -2.53. The van der Waals surface area contributed by atoms with Gasteiger partial charge < -0.3 is 9.32 Å². The molecular formula is C24H26N2O2S. The largest absolute Gasteiger partial charge is 0.431 e. The molecule has 0 radical (unpaired) electrons. The first-order chi connectivity index (χ1) is 14.1. The molecule has 2 atom stereocenters. The van der Waals surface area contributed by atoms with Crippen LogP contribution < -0.4 is 0 Å². The Morgan fingerprint density at radius 2 is 1.59 bits per heavy atom. The van der Waals surface area contributed by atoms with Crippen LogP contribution in [0, 0.1) is 0 Å². The fraction of sp³-hybridized carbons (Fsp3) is 0.333. The van der Waals surface area contributed by atoms with Crippen molar-refractivity contribution in [2.24, 2.45) is 0 Å². The van der Waals surface area contributed by atoms with E-state index in [9.17, 15) is 4.79 Å². The summed E-state index contributed by atoms with van der Waals surface area (Å²) in [7, 11) is 0. The number of carbonyl (C=O) groups excluding carboxylic acids is 1. The second kappa shape index (κ2) is 8.87. The van der Waals surface area contributed by atoms with Crippen molar-refractivity contribution in [3.63, 3.8) is 0 Å². The summed E-state index contributed by atoms with van der Waals surface area (Å²) >= 11 is 1.38. The average molecular weight is 407 g/mol. The molecule has 0 bridgehead atoms. The maximum absolute atomic E-state index is 12.9. The number of aromatic nitrogens is 1. The van der Waals surface area contributed by atoms with Crippen molar-refractivity contribution < 1.29 is 9.21 Å². The van der Waals surface area contributed by atoms with Crippen molar-refractivity contribution in [3.05, 3.63) is 60.7 Å². The second-order valence-corrected chi connectivity index (χ2v) is 8.53. The summed E-state index contributed by atoms with van der Waals surface area (Å²) in [4.78, 5) is 19.6. The van der Waals surface area contributed by atoms with E-state index in [4.69, 9.17) is 9.40 Å². The van der Waals surface area contributed by atoms with E-state index < -0.39 is 0 Å². The van der Waals surface area contributed by atoms with Gasteiger partial charge >= 0.3 is 0 Å². The van der Waals surface area contributed by atoms with Gasteiger partial charge in [-0.3, -0.25) is 4.79 Å². The van der Waals surface area contributed by atoms with E-state index in [0.717, 1.165) is 35.4 Å². The molecule has 0 aliphatic carbocycles. The highest BCUT2D eigenvalue weighted by molar-refractivity contribution is 7.99. The molecule has 1 aliphatic rings. The minimum atomic E-state index is 0.162. The van der Waals surface area contributed by atoms with E-state index in [1.54, 1.807) is 0 Å². The Morgan fingerprint density at radius 1 is 1.00 bits per heavy atom. The zero-order valence-electron chi connectivity index (χ0n) is 16.9. The van der Waals surface area contributed by atoms with Crippen molar-refractivity contribution in [1.82, 2.24) is 9.88 Å². The van der Waals surface area contributed by atoms with E-state index >= 15 is 0 Å². The molecular weight excluding hydrogens is 380 g/mol. The molecule has 1 aromatic heterocycles. The predicted octanol–water partition coefficient (Wildman–Crippen LogP) is 5.89. The molecule has 5 heteroatoms. The van der Waals surface area contributed by atoms with E-state index in [0.29, 0.717) is 23.1 Å². The summed E-state index contributed by atoms with van der Waals surface area (Å²) in [6, 6.07) is 20.6. The fourth-order valence-corrected chi connectivity index (χ4v) is 4.74. The van der Waals surface area contributed by atoms with Crippen LogP contribution in [0.25, 0.3) is 22.6 Å². The molecule has 150 valence electrons. The van der Waals surface area contributed by atoms with Gasteiger partial charge in [-0.05, 0) is 33.1 Å². The number of hydrogen-bond acceptors (Lipinski definition) is 4. The third kappa shape index (κ3) is 4.40. The van der Waals surface area contributed by atoms with Crippen LogP contribution in [0.2, 0.25) is 0 Å². The van der Waals surface area contributed by atoms with Crippen LogP contribution >= 0.6 is 11.8 Å². The Morgan fingerprint density at radius 3 is 2.21 bits per heavy atom. The van der Waals surface area contributed by atoms with Crippen LogP contribution in [0.4, 0.5) is 0 Å². The molecule has 2 aromatic carbocycles. The minimum absolute atomic E-state index is 0.162. The molecule has 4 rings (SSSR count). The third-order valence-electron chi connectivity index (χ3n) is 5.49. The van der Waals surface area contributed by atoms with Crippen molar-refractivity contribution in [3.8, 4) is 22.6 Å². The first-order valence-corrected chi connectivity index (χ1v) is 11.2. The van der Waals surface area contributed by atoms with Gasteiger partial charge in [-0.1, -0.05) is 72.4 Å². The summed E-state index contributed by atoms with van der Waals surface area (Å²) in [6.45, 7) is 4.29. The number of likely N-dealkylation sites (tertiary alicyclic amines) is 1. The van der Waals surface area contributed by atoms with Crippen molar-refractivity contribution in [2.75, 3.05) is 5.75 Å². The maximum atomic E-state index is 12.9. The summed E-state index contributed by atoms with van der Waals surface area (Å²) in [5, 5.41) is 0.536. The number of piperidine rings is 1.